The molecule has 1 aliphatic carbocycles. The lowest BCUT2D eigenvalue weighted by atomic mass is 9.89. The largest absolute Gasteiger partial charge is 0.342 e. The minimum absolute atomic E-state index is 0.106. The summed E-state index contributed by atoms with van der Waals surface area (Å²) < 4.78 is 0. The van der Waals surface area contributed by atoms with E-state index in [-0.39, 0.29) is 23.3 Å². The predicted octanol–water partition coefficient (Wildman–Crippen LogP) is 2.55. The Morgan fingerprint density at radius 3 is 2.40 bits per heavy atom. The summed E-state index contributed by atoms with van der Waals surface area (Å²) in [4.78, 5) is 14.9. The first-order chi connectivity index (χ1) is 9.61. The summed E-state index contributed by atoms with van der Waals surface area (Å²) in [6, 6.07) is 10.3. The number of hydrogen-bond acceptors (Lipinski definition) is 2. The van der Waals surface area contributed by atoms with E-state index in [9.17, 15) is 4.79 Å². The molecule has 2 rings (SSSR count). The van der Waals surface area contributed by atoms with Gasteiger partial charge in [-0.05, 0) is 38.2 Å². The molecule has 0 spiro atoms. The Kier molecular flexibility index (Phi) is 4.48. The van der Waals surface area contributed by atoms with Gasteiger partial charge in [0.05, 0.1) is 5.41 Å². The molecule has 0 aromatic heterocycles. The molecular weight excluding hydrogens is 248 g/mol. The van der Waals surface area contributed by atoms with E-state index in [1.54, 1.807) is 0 Å². The summed E-state index contributed by atoms with van der Waals surface area (Å²) in [7, 11) is 0. The van der Waals surface area contributed by atoms with Gasteiger partial charge in [-0.2, -0.15) is 0 Å². The maximum atomic E-state index is 13.0. The van der Waals surface area contributed by atoms with Crippen LogP contribution in [0.5, 0.6) is 0 Å². The third kappa shape index (κ3) is 2.35. The fraction of sp³-hybridized carbons (Fsp3) is 0.588. The van der Waals surface area contributed by atoms with E-state index in [0.717, 1.165) is 31.5 Å². The molecule has 1 amide bonds. The number of nitrogens with two attached hydrogens (primary N) is 1. The van der Waals surface area contributed by atoms with Crippen molar-refractivity contribution in [3.63, 3.8) is 0 Å². The smallest absolute Gasteiger partial charge is 0.233 e. The molecule has 3 heteroatoms. The van der Waals surface area contributed by atoms with Gasteiger partial charge in [-0.25, -0.2) is 0 Å². The van der Waals surface area contributed by atoms with Crippen LogP contribution in [0.3, 0.4) is 0 Å². The molecule has 1 saturated carbocycles. The van der Waals surface area contributed by atoms with Gasteiger partial charge in [0.2, 0.25) is 5.91 Å². The molecule has 0 unspecified atom stereocenters. The van der Waals surface area contributed by atoms with Crippen LogP contribution in [0.15, 0.2) is 30.3 Å². The lowest BCUT2D eigenvalue weighted by molar-refractivity contribution is -0.134. The van der Waals surface area contributed by atoms with Gasteiger partial charge in [-0.1, -0.05) is 37.3 Å². The highest BCUT2D eigenvalue weighted by Gasteiger charge is 2.63. The second-order valence-corrected chi connectivity index (χ2v) is 5.70. The summed E-state index contributed by atoms with van der Waals surface area (Å²) >= 11 is 0. The fourth-order valence-corrected chi connectivity index (χ4v) is 3.32. The van der Waals surface area contributed by atoms with E-state index in [2.05, 4.69) is 19.1 Å². The van der Waals surface area contributed by atoms with Crippen molar-refractivity contribution in [1.29, 1.82) is 0 Å². The molecule has 0 saturated heterocycles. The van der Waals surface area contributed by atoms with Gasteiger partial charge in [0.25, 0.3) is 0 Å². The van der Waals surface area contributed by atoms with E-state index >= 15 is 0 Å². The SMILES string of the molecule is CC[C@H](N)[C@@H]1C[C@@]1(C(=O)N(CC)CC)c1ccccc1. The zero-order chi connectivity index (χ0) is 14.8. The first kappa shape index (κ1) is 15.0. The zero-order valence-electron chi connectivity index (χ0n) is 12.8. The third-order valence-corrected chi connectivity index (χ3v) is 4.72. The van der Waals surface area contributed by atoms with Crippen LogP contribution in [0.4, 0.5) is 0 Å². The summed E-state index contributed by atoms with van der Waals surface area (Å²) in [5.41, 5.74) is 7.00. The van der Waals surface area contributed by atoms with Crippen LogP contribution in [-0.2, 0) is 10.2 Å². The third-order valence-electron chi connectivity index (χ3n) is 4.72. The number of rotatable bonds is 6. The zero-order valence-corrected chi connectivity index (χ0v) is 12.8. The minimum Gasteiger partial charge on any atom is -0.342 e. The number of likely N-dealkylation sites (N-methyl/N-ethyl adjacent to an activating group) is 1. The average molecular weight is 274 g/mol. The Labute approximate surface area is 122 Å². The second-order valence-electron chi connectivity index (χ2n) is 5.70. The van der Waals surface area contributed by atoms with Crippen molar-refractivity contribution in [2.24, 2.45) is 11.7 Å². The van der Waals surface area contributed by atoms with Crippen molar-refractivity contribution in [2.75, 3.05) is 13.1 Å². The topological polar surface area (TPSA) is 46.3 Å². The lowest BCUT2D eigenvalue weighted by Crippen LogP contribution is -2.42. The maximum absolute atomic E-state index is 13.0. The number of carbonyl (C=O) groups excluding carboxylic acids is 1. The van der Waals surface area contributed by atoms with Crippen molar-refractivity contribution < 1.29 is 4.79 Å². The van der Waals surface area contributed by atoms with Crippen LogP contribution in [0.1, 0.15) is 39.2 Å². The van der Waals surface area contributed by atoms with Crippen LogP contribution in [0.2, 0.25) is 0 Å². The number of carbonyl (C=O) groups is 1. The van der Waals surface area contributed by atoms with Gasteiger partial charge >= 0.3 is 0 Å². The highest BCUT2D eigenvalue weighted by atomic mass is 16.2. The van der Waals surface area contributed by atoms with Crippen molar-refractivity contribution in [3.8, 4) is 0 Å². The van der Waals surface area contributed by atoms with E-state index in [4.69, 9.17) is 5.73 Å². The second kappa shape index (κ2) is 5.96. The van der Waals surface area contributed by atoms with Gasteiger partial charge in [-0.3, -0.25) is 4.79 Å². The van der Waals surface area contributed by atoms with Crippen molar-refractivity contribution in [3.05, 3.63) is 35.9 Å². The molecular formula is C17H26N2O. The molecule has 0 bridgehead atoms. The predicted molar refractivity (Wildman–Crippen MR) is 82.4 cm³/mol. The molecule has 20 heavy (non-hydrogen) atoms. The van der Waals surface area contributed by atoms with Crippen molar-refractivity contribution in [1.82, 2.24) is 4.90 Å². The molecule has 1 aliphatic rings. The van der Waals surface area contributed by atoms with E-state index < -0.39 is 0 Å². The van der Waals surface area contributed by atoms with Gasteiger partial charge in [0.1, 0.15) is 0 Å². The standard InChI is InChI=1S/C17H26N2O/c1-4-15(18)14-12-17(14,13-10-8-7-9-11-13)16(20)19(5-2)6-3/h7-11,14-15H,4-6,12,18H2,1-3H3/t14-,15-,17+/m0/s1. The van der Waals surface area contributed by atoms with E-state index in [1.807, 2.05) is 36.9 Å². The molecule has 2 N–H and O–H groups in total. The van der Waals surface area contributed by atoms with Gasteiger partial charge in [0, 0.05) is 19.1 Å². The van der Waals surface area contributed by atoms with Crippen LogP contribution in [0.25, 0.3) is 0 Å². The summed E-state index contributed by atoms with van der Waals surface area (Å²) in [5.74, 6) is 0.533. The summed E-state index contributed by atoms with van der Waals surface area (Å²) in [6.07, 6.45) is 1.81. The maximum Gasteiger partial charge on any atom is 0.233 e. The molecule has 3 atom stereocenters. The number of amides is 1. The van der Waals surface area contributed by atoms with E-state index in [1.165, 1.54) is 0 Å². The highest BCUT2D eigenvalue weighted by molar-refractivity contribution is 5.92. The normalized spacial score (nSPS) is 26.1. The van der Waals surface area contributed by atoms with Gasteiger partial charge in [0.15, 0.2) is 0 Å². The molecule has 1 fully saturated rings. The van der Waals surface area contributed by atoms with Crippen LogP contribution >= 0.6 is 0 Å². The average Bonchev–Trinajstić information content (AvgIpc) is 3.25. The Bertz CT molecular complexity index is 455. The molecule has 3 nitrogen and oxygen atoms in total. The molecule has 1 aromatic rings. The summed E-state index contributed by atoms with van der Waals surface area (Å²) in [6.45, 7) is 7.70. The Hall–Kier alpha value is -1.35. The Morgan fingerprint density at radius 1 is 1.30 bits per heavy atom. The van der Waals surface area contributed by atoms with E-state index in [0.29, 0.717) is 0 Å². The Morgan fingerprint density at radius 2 is 1.90 bits per heavy atom. The van der Waals surface area contributed by atoms with Gasteiger partial charge < -0.3 is 10.6 Å². The first-order valence-electron chi connectivity index (χ1n) is 7.72. The molecule has 1 aromatic carbocycles. The highest BCUT2D eigenvalue weighted by Crippen LogP contribution is 2.57. The first-order valence-corrected chi connectivity index (χ1v) is 7.72. The van der Waals surface area contributed by atoms with Crippen LogP contribution in [-0.4, -0.2) is 29.9 Å². The molecule has 0 radical (unpaired) electrons. The Balaban J connectivity index is 2.35. The summed E-state index contributed by atoms with van der Waals surface area (Å²) in [5, 5.41) is 0. The molecule has 0 heterocycles. The minimum atomic E-state index is -0.372. The lowest BCUT2D eigenvalue weighted by Gasteiger charge is -2.27. The quantitative estimate of drug-likeness (QED) is 0.866. The fourth-order valence-electron chi connectivity index (χ4n) is 3.32. The molecule has 0 aliphatic heterocycles. The van der Waals surface area contributed by atoms with Crippen LogP contribution < -0.4 is 5.73 Å². The number of nitrogens with zero attached hydrogens (tertiary/aromatic N) is 1. The number of hydrogen-bond donors (Lipinski definition) is 1. The van der Waals surface area contributed by atoms with Crippen molar-refractivity contribution in [2.45, 2.75) is 45.1 Å². The van der Waals surface area contributed by atoms with Crippen molar-refractivity contribution >= 4 is 5.91 Å². The molecule has 110 valence electrons. The monoisotopic (exact) mass is 274 g/mol. The number of benzene rings is 1. The van der Waals surface area contributed by atoms with Crippen LogP contribution in [0, 0.1) is 5.92 Å². The van der Waals surface area contributed by atoms with Gasteiger partial charge in [-0.15, -0.1) is 0 Å².